The third-order valence-electron chi connectivity index (χ3n) is 3.42. The van der Waals surface area contributed by atoms with Crippen molar-refractivity contribution in [2.75, 3.05) is 11.9 Å². The number of aliphatic hydroxyl groups excluding tert-OH is 1. The second kappa shape index (κ2) is 4.17. The number of carboxylic acid groups (broad SMARTS) is 1. The fraction of sp³-hybridized carbons (Fsp3) is 0.308. The predicted octanol–water partition coefficient (Wildman–Crippen LogP) is 1.26. The molecule has 3 rings (SSSR count). The Morgan fingerprint density at radius 2 is 2.05 bits per heavy atom. The van der Waals surface area contributed by atoms with Crippen LogP contribution in [0.4, 0.5) is 5.69 Å². The summed E-state index contributed by atoms with van der Waals surface area (Å²) < 4.78 is 0. The van der Waals surface area contributed by atoms with Crippen LogP contribution in [0.1, 0.15) is 23.3 Å². The molecule has 2 aromatic rings. The van der Waals surface area contributed by atoms with Crippen LogP contribution < -0.4 is 5.32 Å². The number of rotatable bonds is 4. The number of aliphatic hydroxyl groups is 1. The minimum Gasteiger partial charge on any atom is -0.476 e. The number of benzene rings is 1. The fourth-order valence-corrected chi connectivity index (χ4v) is 2.07. The van der Waals surface area contributed by atoms with E-state index in [2.05, 4.69) is 15.5 Å². The van der Waals surface area contributed by atoms with Crippen molar-refractivity contribution >= 4 is 22.6 Å². The Kier molecular flexibility index (Phi) is 2.60. The molecule has 0 aliphatic heterocycles. The van der Waals surface area contributed by atoms with E-state index in [4.69, 9.17) is 0 Å². The van der Waals surface area contributed by atoms with Crippen molar-refractivity contribution in [1.29, 1.82) is 0 Å². The normalized spacial score (nSPS) is 16.3. The summed E-state index contributed by atoms with van der Waals surface area (Å²) in [7, 11) is 0. The summed E-state index contributed by atoms with van der Waals surface area (Å²) in [6.07, 6.45) is 1.64. The van der Waals surface area contributed by atoms with Crippen LogP contribution in [-0.4, -0.2) is 38.5 Å². The van der Waals surface area contributed by atoms with Crippen LogP contribution in [-0.2, 0) is 0 Å². The van der Waals surface area contributed by atoms with Gasteiger partial charge < -0.3 is 15.5 Å². The van der Waals surface area contributed by atoms with Gasteiger partial charge in [-0.15, -0.1) is 10.2 Å². The number of anilines is 1. The molecule has 0 saturated heterocycles. The van der Waals surface area contributed by atoms with Gasteiger partial charge in [0.05, 0.1) is 23.3 Å². The standard InChI is InChI=1S/C13H13N3O3/c17-7-13(5-6-13)14-10-8-3-1-2-4-9(8)15-16-11(10)12(18)19/h1-4,17H,5-7H2,(H,14,15)(H,18,19). The van der Waals surface area contributed by atoms with Crippen molar-refractivity contribution in [3.05, 3.63) is 30.0 Å². The third-order valence-corrected chi connectivity index (χ3v) is 3.42. The minimum atomic E-state index is -1.13. The average Bonchev–Trinajstić information content (AvgIpc) is 3.19. The number of carboxylic acids is 1. The second-order valence-electron chi connectivity index (χ2n) is 4.81. The molecule has 3 N–H and O–H groups in total. The maximum Gasteiger partial charge on any atom is 0.358 e. The lowest BCUT2D eigenvalue weighted by atomic mass is 10.1. The summed E-state index contributed by atoms with van der Waals surface area (Å²) in [6.45, 7) is -0.0251. The van der Waals surface area contributed by atoms with Crippen LogP contribution in [0.15, 0.2) is 24.3 Å². The summed E-state index contributed by atoms with van der Waals surface area (Å²) in [5.74, 6) is -1.13. The molecule has 1 aromatic carbocycles. The van der Waals surface area contributed by atoms with E-state index in [1.807, 2.05) is 12.1 Å². The number of fused-ring (bicyclic) bond motifs is 1. The highest BCUT2D eigenvalue weighted by Gasteiger charge is 2.43. The van der Waals surface area contributed by atoms with E-state index in [1.54, 1.807) is 12.1 Å². The first-order valence-corrected chi connectivity index (χ1v) is 6.03. The Hall–Kier alpha value is -2.21. The van der Waals surface area contributed by atoms with Gasteiger partial charge in [0.2, 0.25) is 0 Å². The number of carbonyl (C=O) groups is 1. The predicted molar refractivity (Wildman–Crippen MR) is 69.2 cm³/mol. The molecule has 0 spiro atoms. The van der Waals surface area contributed by atoms with Crippen molar-refractivity contribution in [3.63, 3.8) is 0 Å². The van der Waals surface area contributed by atoms with Gasteiger partial charge >= 0.3 is 5.97 Å². The van der Waals surface area contributed by atoms with Gasteiger partial charge in [0.1, 0.15) is 0 Å². The van der Waals surface area contributed by atoms with Gasteiger partial charge in [-0.2, -0.15) is 0 Å². The van der Waals surface area contributed by atoms with Gasteiger partial charge in [0.25, 0.3) is 0 Å². The molecule has 0 unspecified atom stereocenters. The Morgan fingerprint density at radius 3 is 2.68 bits per heavy atom. The second-order valence-corrected chi connectivity index (χ2v) is 4.81. The average molecular weight is 259 g/mol. The topological polar surface area (TPSA) is 95.3 Å². The summed E-state index contributed by atoms with van der Waals surface area (Å²) >= 11 is 0. The summed E-state index contributed by atoms with van der Waals surface area (Å²) in [4.78, 5) is 11.3. The highest BCUT2D eigenvalue weighted by Crippen LogP contribution is 2.40. The van der Waals surface area contributed by atoms with Gasteiger partial charge in [-0.1, -0.05) is 18.2 Å². The van der Waals surface area contributed by atoms with E-state index in [0.717, 1.165) is 12.8 Å². The largest absolute Gasteiger partial charge is 0.476 e. The quantitative estimate of drug-likeness (QED) is 0.765. The molecule has 0 amide bonds. The molecule has 1 aromatic heterocycles. The zero-order valence-electron chi connectivity index (χ0n) is 10.1. The molecule has 1 fully saturated rings. The molecule has 0 bridgehead atoms. The zero-order valence-corrected chi connectivity index (χ0v) is 10.1. The lowest BCUT2D eigenvalue weighted by molar-refractivity contribution is 0.0690. The van der Waals surface area contributed by atoms with E-state index in [-0.39, 0.29) is 12.3 Å². The molecule has 0 atom stereocenters. The lowest BCUT2D eigenvalue weighted by Gasteiger charge is -2.18. The van der Waals surface area contributed by atoms with Crippen LogP contribution in [0.25, 0.3) is 10.9 Å². The first-order chi connectivity index (χ1) is 9.15. The van der Waals surface area contributed by atoms with E-state index in [9.17, 15) is 15.0 Å². The first-order valence-electron chi connectivity index (χ1n) is 6.03. The fourth-order valence-electron chi connectivity index (χ4n) is 2.07. The summed E-state index contributed by atoms with van der Waals surface area (Å²) in [5.41, 5.74) is 0.544. The molecule has 19 heavy (non-hydrogen) atoms. The Morgan fingerprint density at radius 1 is 1.32 bits per heavy atom. The number of aromatic nitrogens is 2. The van der Waals surface area contributed by atoms with Gasteiger partial charge in [0, 0.05) is 5.39 Å². The van der Waals surface area contributed by atoms with Crippen molar-refractivity contribution in [3.8, 4) is 0 Å². The molecule has 1 saturated carbocycles. The monoisotopic (exact) mass is 259 g/mol. The van der Waals surface area contributed by atoms with Gasteiger partial charge in [-0.05, 0) is 18.9 Å². The maximum atomic E-state index is 11.3. The van der Waals surface area contributed by atoms with Crippen molar-refractivity contribution in [2.24, 2.45) is 0 Å². The van der Waals surface area contributed by atoms with Gasteiger partial charge in [-0.25, -0.2) is 4.79 Å². The number of nitrogens with one attached hydrogen (secondary N) is 1. The molecule has 1 aliphatic carbocycles. The number of nitrogens with zero attached hydrogens (tertiary/aromatic N) is 2. The van der Waals surface area contributed by atoms with Crippen LogP contribution in [0, 0.1) is 0 Å². The maximum absolute atomic E-state index is 11.3. The van der Waals surface area contributed by atoms with Gasteiger partial charge in [-0.3, -0.25) is 0 Å². The lowest BCUT2D eigenvalue weighted by Crippen LogP contribution is -2.27. The van der Waals surface area contributed by atoms with Crippen LogP contribution in [0.5, 0.6) is 0 Å². The highest BCUT2D eigenvalue weighted by molar-refractivity contribution is 6.02. The first kappa shape index (κ1) is 11.9. The van der Waals surface area contributed by atoms with Crippen LogP contribution in [0.3, 0.4) is 0 Å². The summed E-state index contributed by atoms with van der Waals surface area (Å²) in [5, 5.41) is 30.1. The molecular weight excluding hydrogens is 246 g/mol. The SMILES string of the molecule is O=C(O)c1nnc2ccccc2c1NC1(CO)CC1. The minimum absolute atomic E-state index is 0.0251. The third kappa shape index (κ3) is 2.00. The smallest absolute Gasteiger partial charge is 0.358 e. The van der Waals surface area contributed by atoms with E-state index < -0.39 is 11.5 Å². The van der Waals surface area contributed by atoms with E-state index in [0.29, 0.717) is 16.6 Å². The zero-order chi connectivity index (χ0) is 13.5. The highest BCUT2D eigenvalue weighted by atomic mass is 16.4. The number of hydrogen-bond acceptors (Lipinski definition) is 5. The number of hydrogen-bond donors (Lipinski definition) is 3. The van der Waals surface area contributed by atoms with Crippen molar-refractivity contribution in [2.45, 2.75) is 18.4 Å². The van der Waals surface area contributed by atoms with E-state index in [1.165, 1.54) is 0 Å². The van der Waals surface area contributed by atoms with Gasteiger partial charge in [0.15, 0.2) is 5.69 Å². The van der Waals surface area contributed by atoms with Crippen molar-refractivity contribution < 1.29 is 15.0 Å². The molecule has 98 valence electrons. The number of aromatic carboxylic acids is 1. The molecule has 6 nitrogen and oxygen atoms in total. The van der Waals surface area contributed by atoms with Crippen LogP contribution >= 0.6 is 0 Å². The van der Waals surface area contributed by atoms with Crippen LogP contribution in [0.2, 0.25) is 0 Å². The Labute approximate surface area is 109 Å². The summed E-state index contributed by atoms with van der Waals surface area (Å²) in [6, 6.07) is 7.21. The molecule has 1 aliphatic rings. The van der Waals surface area contributed by atoms with E-state index >= 15 is 0 Å². The molecule has 1 heterocycles. The Bertz CT molecular complexity index is 653. The molecule has 0 radical (unpaired) electrons. The Balaban J connectivity index is 2.17. The molecular formula is C13H13N3O3. The van der Waals surface area contributed by atoms with Crippen molar-refractivity contribution in [1.82, 2.24) is 10.2 Å². The molecule has 6 heteroatoms.